The zero-order valence-corrected chi connectivity index (χ0v) is 10.4. The van der Waals surface area contributed by atoms with E-state index in [-0.39, 0.29) is 6.61 Å². The van der Waals surface area contributed by atoms with Gasteiger partial charge in [0.15, 0.2) is 6.61 Å². The first-order valence-electron chi connectivity index (χ1n) is 5.59. The first kappa shape index (κ1) is 12.1. The second-order valence-corrected chi connectivity index (χ2v) is 4.80. The standard InChI is InChI=1S/C10H15N3O3S/c1-7-3-2-4-13(5-7)9-10(12-17-11-9)16-6-8(14)15/h7H,2-6H2,1H3,(H,14,15)/t7-/m0/s1. The molecule has 0 saturated carbocycles. The molecule has 1 fully saturated rings. The van der Waals surface area contributed by atoms with E-state index in [9.17, 15) is 4.79 Å². The van der Waals surface area contributed by atoms with Crippen LogP contribution in [0.3, 0.4) is 0 Å². The Morgan fingerprint density at radius 1 is 1.65 bits per heavy atom. The highest BCUT2D eigenvalue weighted by Gasteiger charge is 2.23. The molecule has 2 heterocycles. The van der Waals surface area contributed by atoms with Crippen molar-refractivity contribution in [1.82, 2.24) is 8.75 Å². The summed E-state index contributed by atoms with van der Waals surface area (Å²) < 4.78 is 13.3. The van der Waals surface area contributed by atoms with Crippen molar-refractivity contribution in [3.8, 4) is 5.88 Å². The van der Waals surface area contributed by atoms with E-state index in [2.05, 4.69) is 20.6 Å². The largest absolute Gasteiger partial charge is 0.479 e. The Bertz CT molecular complexity index is 396. The molecule has 1 aromatic heterocycles. The third-order valence-electron chi connectivity index (χ3n) is 2.73. The quantitative estimate of drug-likeness (QED) is 0.874. The molecule has 2 rings (SSSR count). The van der Waals surface area contributed by atoms with Crippen LogP contribution in [0.15, 0.2) is 0 Å². The van der Waals surface area contributed by atoms with E-state index < -0.39 is 5.97 Å². The van der Waals surface area contributed by atoms with Crippen LogP contribution in [-0.2, 0) is 4.79 Å². The van der Waals surface area contributed by atoms with Gasteiger partial charge in [-0.25, -0.2) is 4.79 Å². The summed E-state index contributed by atoms with van der Waals surface area (Å²) >= 11 is 1.05. The van der Waals surface area contributed by atoms with Gasteiger partial charge in [-0.3, -0.25) is 0 Å². The Balaban J connectivity index is 2.04. The normalized spacial score (nSPS) is 20.3. The van der Waals surface area contributed by atoms with E-state index >= 15 is 0 Å². The van der Waals surface area contributed by atoms with Gasteiger partial charge in [0.25, 0.3) is 5.88 Å². The first-order chi connectivity index (χ1) is 8.16. The van der Waals surface area contributed by atoms with E-state index in [4.69, 9.17) is 9.84 Å². The van der Waals surface area contributed by atoms with E-state index in [0.717, 1.165) is 31.2 Å². The molecular weight excluding hydrogens is 242 g/mol. The maximum Gasteiger partial charge on any atom is 0.341 e. The Morgan fingerprint density at radius 3 is 3.18 bits per heavy atom. The summed E-state index contributed by atoms with van der Waals surface area (Å²) in [5.74, 6) is 0.642. The Morgan fingerprint density at radius 2 is 2.47 bits per heavy atom. The van der Waals surface area contributed by atoms with Gasteiger partial charge in [-0.1, -0.05) is 6.92 Å². The molecule has 0 aromatic carbocycles. The van der Waals surface area contributed by atoms with Crippen molar-refractivity contribution in [2.24, 2.45) is 5.92 Å². The lowest BCUT2D eigenvalue weighted by atomic mass is 10.0. The van der Waals surface area contributed by atoms with Gasteiger partial charge in [0.1, 0.15) is 0 Å². The Kier molecular flexibility index (Phi) is 3.78. The molecule has 0 spiro atoms. The minimum Gasteiger partial charge on any atom is -0.479 e. The molecule has 94 valence electrons. The van der Waals surface area contributed by atoms with Gasteiger partial charge in [-0.2, -0.15) is 4.37 Å². The molecule has 1 aromatic rings. The van der Waals surface area contributed by atoms with Crippen LogP contribution in [0.1, 0.15) is 19.8 Å². The zero-order valence-electron chi connectivity index (χ0n) is 9.63. The summed E-state index contributed by atoms with van der Waals surface area (Å²) in [5.41, 5.74) is 0. The summed E-state index contributed by atoms with van der Waals surface area (Å²) in [6.45, 7) is 3.68. The lowest BCUT2D eigenvalue weighted by Crippen LogP contribution is -2.34. The zero-order chi connectivity index (χ0) is 12.3. The molecule has 1 atom stereocenters. The number of hydrogen-bond acceptors (Lipinski definition) is 6. The summed E-state index contributed by atoms with van der Waals surface area (Å²) in [5, 5.41) is 8.57. The first-order valence-corrected chi connectivity index (χ1v) is 6.32. The monoisotopic (exact) mass is 257 g/mol. The molecule has 0 radical (unpaired) electrons. The molecular formula is C10H15N3O3S. The molecule has 7 heteroatoms. The predicted octanol–water partition coefficient (Wildman–Crippen LogP) is 1.24. The number of carboxylic acids is 1. The van der Waals surface area contributed by atoms with Gasteiger partial charge in [-0.05, 0) is 18.8 Å². The smallest absolute Gasteiger partial charge is 0.341 e. The Hall–Kier alpha value is -1.37. The van der Waals surface area contributed by atoms with Crippen LogP contribution in [0.5, 0.6) is 5.88 Å². The number of hydrogen-bond donors (Lipinski definition) is 1. The fourth-order valence-electron chi connectivity index (χ4n) is 1.97. The lowest BCUT2D eigenvalue weighted by Gasteiger charge is -2.30. The average Bonchev–Trinajstić information content (AvgIpc) is 2.74. The van der Waals surface area contributed by atoms with Crippen LogP contribution < -0.4 is 9.64 Å². The predicted molar refractivity (Wildman–Crippen MR) is 63.7 cm³/mol. The highest BCUT2D eigenvalue weighted by molar-refractivity contribution is 6.99. The number of aromatic nitrogens is 2. The Labute approximate surface area is 104 Å². The molecule has 0 aliphatic carbocycles. The van der Waals surface area contributed by atoms with Gasteiger partial charge in [0.2, 0.25) is 5.82 Å². The fraction of sp³-hybridized carbons (Fsp3) is 0.700. The number of anilines is 1. The second-order valence-electron chi connectivity index (χ2n) is 4.27. The van der Waals surface area contributed by atoms with E-state index in [1.165, 1.54) is 6.42 Å². The maximum absolute atomic E-state index is 10.5. The molecule has 0 amide bonds. The van der Waals surface area contributed by atoms with Gasteiger partial charge in [0, 0.05) is 13.1 Å². The molecule has 0 unspecified atom stereocenters. The summed E-state index contributed by atoms with van der Waals surface area (Å²) in [6, 6.07) is 0. The van der Waals surface area contributed by atoms with Crippen molar-refractivity contribution in [3.63, 3.8) is 0 Å². The van der Waals surface area contributed by atoms with Gasteiger partial charge in [0.05, 0.1) is 11.7 Å². The van der Waals surface area contributed by atoms with Gasteiger partial charge < -0.3 is 14.7 Å². The summed E-state index contributed by atoms with van der Waals surface area (Å²) in [6.07, 6.45) is 2.34. The minimum absolute atomic E-state index is 0.339. The van der Waals surface area contributed by atoms with Crippen LogP contribution in [0.25, 0.3) is 0 Å². The van der Waals surface area contributed by atoms with Crippen LogP contribution in [0.4, 0.5) is 5.82 Å². The second kappa shape index (κ2) is 5.31. The molecule has 0 bridgehead atoms. The van der Waals surface area contributed by atoms with Crippen LogP contribution in [0, 0.1) is 5.92 Å². The van der Waals surface area contributed by atoms with Crippen molar-refractivity contribution >= 4 is 23.5 Å². The van der Waals surface area contributed by atoms with Crippen LogP contribution >= 0.6 is 11.7 Å². The van der Waals surface area contributed by atoms with Crippen molar-refractivity contribution < 1.29 is 14.6 Å². The van der Waals surface area contributed by atoms with Gasteiger partial charge >= 0.3 is 5.97 Å². The maximum atomic E-state index is 10.5. The van der Waals surface area contributed by atoms with Crippen molar-refractivity contribution in [1.29, 1.82) is 0 Å². The topological polar surface area (TPSA) is 75.5 Å². The molecule has 1 N–H and O–H groups in total. The fourth-order valence-corrected chi connectivity index (χ4v) is 2.49. The lowest BCUT2D eigenvalue weighted by molar-refractivity contribution is -0.139. The average molecular weight is 257 g/mol. The molecule has 1 aliphatic rings. The number of carboxylic acid groups (broad SMARTS) is 1. The molecule has 17 heavy (non-hydrogen) atoms. The number of ether oxygens (including phenoxy) is 1. The SMILES string of the molecule is C[C@H]1CCCN(c2nsnc2OCC(=O)O)C1. The van der Waals surface area contributed by atoms with Gasteiger partial charge in [-0.15, -0.1) is 4.37 Å². The summed E-state index contributed by atoms with van der Waals surface area (Å²) in [7, 11) is 0. The van der Waals surface area contributed by atoms with Crippen molar-refractivity contribution in [2.75, 3.05) is 24.6 Å². The van der Waals surface area contributed by atoms with E-state index in [1.54, 1.807) is 0 Å². The number of rotatable bonds is 4. The molecule has 1 saturated heterocycles. The van der Waals surface area contributed by atoms with E-state index in [0.29, 0.717) is 17.6 Å². The number of aliphatic carboxylic acids is 1. The number of carbonyl (C=O) groups is 1. The molecule has 6 nitrogen and oxygen atoms in total. The third-order valence-corrected chi connectivity index (χ3v) is 3.23. The van der Waals surface area contributed by atoms with Crippen LogP contribution in [-0.4, -0.2) is 39.5 Å². The third kappa shape index (κ3) is 3.06. The minimum atomic E-state index is -1.00. The van der Waals surface area contributed by atoms with E-state index in [1.807, 2.05) is 0 Å². The summed E-state index contributed by atoms with van der Waals surface area (Å²) in [4.78, 5) is 12.6. The van der Waals surface area contributed by atoms with Crippen LogP contribution in [0.2, 0.25) is 0 Å². The van der Waals surface area contributed by atoms with Crippen molar-refractivity contribution in [3.05, 3.63) is 0 Å². The number of piperidine rings is 1. The number of nitrogens with zero attached hydrogens (tertiary/aromatic N) is 3. The highest BCUT2D eigenvalue weighted by Crippen LogP contribution is 2.29. The van der Waals surface area contributed by atoms with Crippen molar-refractivity contribution in [2.45, 2.75) is 19.8 Å². The molecule has 1 aliphatic heterocycles. The highest BCUT2D eigenvalue weighted by atomic mass is 32.1.